The van der Waals surface area contributed by atoms with Gasteiger partial charge in [0.2, 0.25) is 0 Å². The molecule has 0 aliphatic carbocycles. The predicted molar refractivity (Wildman–Crippen MR) is 86.8 cm³/mol. The van der Waals surface area contributed by atoms with Gasteiger partial charge >= 0.3 is 12.0 Å². The van der Waals surface area contributed by atoms with Crippen molar-refractivity contribution in [3.05, 3.63) is 42.5 Å². The van der Waals surface area contributed by atoms with Gasteiger partial charge in [0.05, 0.1) is 12.3 Å². The highest BCUT2D eigenvalue weighted by Crippen LogP contribution is 2.22. The first kappa shape index (κ1) is 15.8. The van der Waals surface area contributed by atoms with Crippen LogP contribution in [0.25, 0.3) is 10.8 Å². The second kappa shape index (κ2) is 7.45. The fourth-order valence-electron chi connectivity index (χ4n) is 2.22. The maximum absolute atomic E-state index is 12.1. The van der Waals surface area contributed by atoms with Gasteiger partial charge in [-0.25, -0.2) is 9.59 Å². The van der Waals surface area contributed by atoms with Crippen LogP contribution in [-0.4, -0.2) is 24.6 Å². The summed E-state index contributed by atoms with van der Waals surface area (Å²) in [5.41, 5.74) is 0.703. The SMILES string of the molecule is CCOC(=O)[C@H](CC)NC(=O)Nc1cccc2ccccc12. The number of hydrogen-bond acceptors (Lipinski definition) is 3. The van der Waals surface area contributed by atoms with Crippen LogP contribution in [0, 0.1) is 0 Å². The molecule has 2 amide bonds. The van der Waals surface area contributed by atoms with Gasteiger partial charge < -0.3 is 15.4 Å². The zero-order valence-electron chi connectivity index (χ0n) is 12.8. The van der Waals surface area contributed by atoms with Crippen molar-refractivity contribution >= 4 is 28.5 Å². The minimum atomic E-state index is -0.644. The monoisotopic (exact) mass is 300 g/mol. The lowest BCUT2D eigenvalue weighted by Gasteiger charge is -2.16. The van der Waals surface area contributed by atoms with Gasteiger partial charge in [-0.3, -0.25) is 0 Å². The quantitative estimate of drug-likeness (QED) is 0.833. The summed E-state index contributed by atoms with van der Waals surface area (Å²) in [6.07, 6.45) is 0.474. The topological polar surface area (TPSA) is 67.4 Å². The van der Waals surface area contributed by atoms with E-state index in [2.05, 4.69) is 10.6 Å². The second-order valence-corrected chi connectivity index (χ2v) is 4.84. The lowest BCUT2D eigenvalue weighted by Crippen LogP contribution is -2.43. The van der Waals surface area contributed by atoms with Crippen LogP contribution in [0.2, 0.25) is 0 Å². The summed E-state index contributed by atoms with van der Waals surface area (Å²) in [6, 6.07) is 12.4. The van der Waals surface area contributed by atoms with Crippen LogP contribution >= 0.6 is 0 Å². The number of nitrogens with one attached hydrogen (secondary N) is 2. The Hall–Kier alpha value is -2.56. The second-order valence-electron chi connectivity index (χ2n) is 4.84. The lowest BCUT2D eigenvalue weighted by atomic mass is 10.1. The molecule has 0 aromatic heterocycles. The Morgan fingerprint density at radius 1 is 1.09 bits per heavy atom. The van der Waals surface area contributed by atoms with Crippen molar-refractivity contribution in [1.82, 2.24) is 5.32 Å². The molecule has 1 atom stereocenters. The minimum absolute atomic E-state index is 0.294. The van der Waals surface area contributed by atoms with Crippen LogP contribution in [0.3, 0.4) is 0 Å². The fourth-order valence-corrected chi connectivity index (χ4v) is 2.22. The van der Waals surface area contributed by atoms with Crippen molar-refractivity contribution in [2.45, 2.75) is 26.3 Å². The van der Waals surface area contributed by atoms with Crippen molar-refractivity contribution in [2.75, 3.05) is 11.9 Å². The molecule has 0 fully saturated rings. The normalized spacial score (nSPS) is 11.7. The molecule has 5 nitrogen and oxygen atoms in total. The molecule has 0 bridgehead atoms. The maximum Gasteiger partial charge on any atom is 0.328 e. The van der Waals surface area contributed by atoms with Crippen molar-refractivity contribution < 1.29 is 14.3 Å². The standard InChI is InChI=1S/C17H20N2O3/c1-3-14(16(20)22-4-2)18-17(21)19-15-11-7-9-12-8-5-6-10-13(12)15/h5-11,14H,3-4H2,1-2H3,(H2,18,19,21)/t14-/m0/s1. The number of amides is 2. The summed E-state index contributed by atoms with van der Waals surface area (Å²) < 4.78 is 4.93. The Morgan fingerprint density at radius 2 is 1.82 bits per heavy atom. The van der Waals surface area contributed by atoms with Crippen molar-refractivity contribution in [1.29, 1.82) is 0 Å². The highest BCUT2D eigenvalue weighted by Gasteiger charge is 2.20. The van der Waals surface area contributed by atoms with E-state index in [1.807, 2.05) is 49.4 Å². The van der Waals surface area contributed by atoms with Crippen LogP contribution in [0.1, 0.15) is 20.3 Å². The van der Waals surface area contributed by atoms with E-state index in [-0.39, 0.29) is 0 Å². The molecule has 2 aromatic carbocycles. The van der Waals surface area contributed by atoms with Gasteiger partial charge in [0, 0.05) is 5.39 Å². The Balaban J connectivity index is 2.09. The van der Waals surface area contributed by atoms with Gasteiger partial charge in [-0.1, -0.05) is 43.3 Å². The van der Waals surface area contributed by atoms with Crippen molar-refractivity contribution in [2.24, 2.45) is 0 Å². The molecule has 0 radical (unpaired) electrons. The molecule has 0 aliphatic heterocycles. The van der Waals surface area contributed by atoms with Crippen LogP contribution < -0.4 is 10.6 Å². The third kappa shape index (κ3) is 3.75. The number of benzene rings is 2. The van der Waals surface area contributed by atoms with Gasteiger partial charge in [0.1, 0.15) is 6.04 Å². The minimum Gasteiger partial charge on any atom is -0.464 e. The summed E-state index contributed by atoms with van der Waals surface area (Å²) in [7, 11) is 0. The molecule has 2 rings (SSSR count). The molecule has 22 heavy (non-hydrogen) atoms. The molecule has 0 heterocycles. The number of anilines is 1. The summed E-state index contributed by atoms with van der Waals surface area (Å²) in [4.78, 5) is 23.8. The number of urea groups is 1. The third-order valence-corrected chi connectivity index (χ3v) is 3.32. The molecular weight excluding hydrogens is 280 g/mol. The molecule has 2 aromatic rings. The molecule has 0 spiro atoms. The predicted octanol–water partition coefficient (Wildman–Crippen LogP) is 3.30. The molecule has 0 saturated heterocycles. The van der Waals surface area contributed by atoms with Gasteiger partial charge in [-0.2, -0.15) is 0 Å². The summed E-state index contributed by atoms with van der Waals surface area (Å²) in [5, 5.41) is 7.42. The number of carbonyl (C=O) groups is 2. The van der Waals surface area contributed by atoms with E-state index in [1.165, 1.54) is 0 Å². The first-order chi connectivity index (χ1) is 10.7. The van der Waals surface area contributed by atoms with Crippen LogP contribution in [0.5, 0.6) is 0 Å². The Morgan fingerprint density at radius 3 is 2.55 bits per heavy atom. The Kier molecular flexibility index (Phi) is 5.36. The average Bonchev–Trinajstić information content (AvgIpc) is 2.53. The van der Waals surface area contributed by atoms with Crippen LogP contribution in [0.15, 0.2) is 42.5 Å². The van der Waals surface area contributed by atoms with E-state index < -0.39 is 18.0 Å². The average molecular weight is 300 g/mol. The largest absolute Gasteiger partial charge is 0.464 e. The summed E-state index contributed by atoms with van der Waals surface area (Å²) >= 11 is 0. The highest BCUT2D eigenvalue weighted by atomic mass is 16.5. The number of hydrogen-bond donors (Lipinski definition) is 2. The molecule has 5 heteroatoms. The third-order valence-electron chi connectivity index (χ3n) is 3.32. The molecule has 116 valence electrons. The molecule has 2 N–H and O–H groups in total. The number of esters is 1. The Bertz CT molecular complexity index is 665. The highest BCUT2D eigenvalue weighted by molar-refractivity contribution is 6.02. The number of ether oxygens (including phenoxy) is 1. The zero-order valence-corrected chi connectivity index (χ0v) is 12.8. The summed E-state index contributed by atoms with van der Waals surface area (Å²) in [6.45, 7) is 3.85. The van der Waals surface area contributed by atoms with E-state index >= 15 is 0 Å². The first-order valence-electron chi connectivity index (χ1n) is 7.37. The van der Waals surface area contributed by atoms with Crippen LogP contribution in [-0.2, 0) is 9.53 Å². The first-order valence-corrected chi connectivity index (χ1v) is 7.37. The van der Waals surface area contributed by atoms with Gasteiger partial charge in [0.25, 0.3) is 0 Å². The van der Waals surface area contributed by atoms with Crippen LogP contribution in [0.4, 0.5) is 10.5 Å². The van der Waals surface area contributed by atoms with E-state index in [0.717, 1.165) is 10.8 Å². The van der Waals surface area contributed by atoms with E-state index in [9.17, 15) is 9.59 Å². The lowest BCUT2D eigenvalue weighted by molar-refractivity contribution is -0.145. The molecular formula is C17H20N2O3. The van der Waals surface area contributed by atoms with Crippen molar-refractivity contribution in [3.63, 3.8) is 0 Å². The van der Waals surface area contributed by atoms with E-state index in [0.29, 0.717) is 18.7 Å². The maximum atomic E-state index is 12.1. The summed E-state index contributed by atoms with van der Waals surface area (Å²) in [5.74, 6) is -0.418. The number of fused-ring (bicyclic) bond motifs is 1. The fraction of sp³-hybridized carbons (Fsp3) is 0.294. The van der Waals surface area contributed by atoms with Crippen molar-refractivity contribution in [3.8, 4) is 0 Å². The zero-order chi connectivity index (χ0) is 15.9. The van der Waals surface area contributed by atoms with E-state index in [4.69, 9.17) is 4.74 Å². The molecule has 0 unspecified atom stereocenters. The van der Waals surface area contributed by atoms with E-state index in [1.54, 1.807) is 6.92 Å². The Labute approximate surface area is 129 Å². The smallest absolute Gasteiger partial charge is 0.328 e. The number of rotatable bonds is 5. The van der Waals surface area contributed by atoms with Gasteiger partial charge in [-0.05, 0) is 24.8 Å². The molecule has 0 saturated carbocycles. The molecule has 0 aliphatic rings. The number of carbonyl (C=O) groups excluding carboxylic acids is 2. The van der Waals surface area contributed by atoms with Gasteiger partial charge in [0.15, 0.2) is 0 Å². The van der Waals surface area contributed by atoms with Gasteiger partial charge in [-0.15, -0.1) is 0 Å².